The molecule has 6 N–H and O–H groups in total. The van der Waals surface area contributed by atoms with Crippen LogP contribution in [-0.4, -0.2) is 65.0 Å². The van der Waals surface area contributed by atoms with Crippen LogP contribution < -0.4 is 21.3 Å². The van der Waals surface area contributed by atoms with Gasteiger partial charge in [-0.15, -0.1) is 0 Å². The molecule has 11 heteroatoms. The number of phenols is 1. The Morgan fingerprint density at radius 2 is 1.44 bits per heavy atom. The van der Waals surface area contributed by atoms with E-state index in [1.807, 2.05) is 0 Å². The number of aliphatic carboxylic acids is 1. The van der Waals surface area contributed by atoms with Crippen molar-refractivity contribution in [2.75, 3.05) is 13.1 Å². The molecular formula is C25H30N4O7. The van der Waals surface area contributed by atoms with Gasteiger partial charge >= 0.3 is 5.97 Å². The second-order valence-electron chi connectivity index (χ2n) is 8.09. The number of aryl methyl sites for hydroxylation is 1. The number of aromatic hydroxyl groups is 1. The first kappa shape index (κ1) is 27.8. The third-order valence-corrected chi connectivity index (χ3v) is 5.12. The van der Waals surface area contributed by atoms with Crippen LogP contribution in [0.1, 0.15) is 24.5 Å². The summed E-state index contributed by atoms with van der Waals surface area (Å²) in [7, 11) is 0. The van der Waals surface area contributed by atoms with Crippen LogP contribution in [0.4, 0.5) is 0 Å². The Kier molecular flexibility index (Phi) is 10.9. The maximum absolute atomic E-state index is 12.8. The van der Waals surface area contributed by atoms with Crippen LogP contribution in [0.2, 0.25) is 0 Å². The predicted octanol–water partition coefficient (Wildman–Crippen LogP) is -0.126. The summed E-state index contributed by atoms with van der Waals surface area (Å²) in [6.07, 6.45) is 0.695. The fourth-order valence-corrected chi connectivity index (χ4v) is 3.19. The summed E-state index contributed by atoms with van der Waals surface area (Å²) in [5.41, 5.74) is 1.62. The zero-order valence-corrected chi connectivity index (χ0v) is 19.8. The summed E-state index contributed by atoms with van der Waals surface area (Å²) < 4.78 is 0. The molecular weight excluding hydrogens is 468 g/mol. The van der Waals surface area contributed by atoms with Gasteiger partial charge in [0.2, 0.25) is 23.6 Å². The summed E-state index contributed by atoms with van der Waals surface area (Å²) in [6.45, 7) is 0.460. The third-order valence-electron chi connectivity index (χ3n) is 5.12. The number of hydrogen-bond donors (Lipinski definition) is 6. The van der Waals surface area contributed by atoms with Crippen LogP contribution in [0, 0.1) is 0 Å². The Labute approximate surface area is 208 Å². The van der Waals surface area contributed by atoms with Crippen molar-refractivity contribution in [3.8, 4) is 5.75 Å². The van der Waals surface area contributed by atoms with Gasteiger partial charge in [0.15, 0.2) is 0 Å². The van der Waals surface area contributed by atoms with E-state index in [1.54, 1.807) is 42.5 Å². The lowest BCUT2D eigenvalue weighted by Crippen LogP contribution is -2.54. The highest BCUT2D eigenvalue weighted by Crippen LogP contribution is 2.11. The lowest BCUT2D eigenvalue weighted by molar-refractivity contribution is -0.138. The van der Waals surface area contributed by atoms with Crippen LogP contribution in [0.15, 0.2) is 54.6 Å². The van der Waals surface area contributed by atoms with Gasteiger partial charge in [0.1, 0.15) is 24.4 Å². The number of nitrogens with one attached hydrogen (secondary N) is 4. The second-order valence-corrected chi connectivity index (χ2v) is 8.09. The summed E-state index contributed by atoms with van der Waals surface area (Å²) in [5.74, 6) is -3.36. The normalized spacial score (nSPS) is 12.0. The molecule has 0 unspecified atom stereocenters. The number of carbonyl (C=O) groups excluding carboxylic acids is 4. The summed E-state index contributed by atoms with van der Waals surface area (Å²) >= 11 is 0. The van der Waals surface area contributed by atoms with Crippen LogP contribution in [-0.2, 0) is 36.8 Å². The van der Waals surface area contributed by atoms with Crippen LogP contribution in [0.5, 0.6) is 5.75 Å². The molecule has 4 amide bonds. The van der Waals surface area contributed by atoms with Gasteiger partial charge in [0, 0.05) is 12.8 Å². The van der Waals surface area contributed by atoms with Crippen molar-refractivity contribution in [3.05, 3.63) is 65.7 Å². The van der Waals surface area contributed by atoms with Crippen molar-refractivity contribution in [1.29, 1.82) is 0 Å². The Hall–Kier alpha value is -4.41. The van der Waals surface area contributed by atoms with Crippen molar-refractivity contribution < 1.29 is 34.2 Å². The Morgan fingerprint density at radius 3 is 2.08 bits per heavy atom. The van der Waals surface area contributed by atoms with E-state index in [2.05, 4.69) is 21.3 Å². The largest absolute Gasteiger partial charge is 0.508 e. The molecule has 2 aromatic rings. The average molecular weight is 499 g/mol. The third kappa shape index (κ3) is 10.2. The first-order valence-corrected chi connectivity index (χ1v) is 11.3. The molecule has 11 nitrogen and oxygen atoms in total. The van der Waals surface area contributed by atoms with E-state index in [9.17, 15) is 29.1 Å². The number of carbonyl (C=O) groups is 5. The Morgan fingerprint density at radius 1 is 0.778 bits per heavy atom. The van der Waals surface area contributed by atoms with Gasteiger partial charge in [0.05, 0.1) is 6.54 Å². The fraction of sp³-hybridized carbons (Fsp3) is 0.320. The molecule has 0 aromatic heterocycles. The van der Waals surface area contributed by atoms with E-state index in [-0.39, 0.29) is 31.0 Å². The lowest BCUT2D eigenvalue weighted by Gasteiger charge is -2.21. The lowest BCUT2D eigenvalue weighted by atomic mass is 10.0. The zero-order valence-electron chi connectivity index (χ0n) is 19.8. The van der Waals surface area contributed by atoms with Crippen LogP contribution in [0.25, 0.3) is 0 Å². The molecule has 0 aliphatic carbocycles. The number of amides is 4. The monoisotopic (exact) mass is 498 g/mol. The number of carboxylic acid groups (broad SMARTS) is 1. The molecule has 2 aromatic carbocycles. The minimum Gasteiger partial charge on any atom is -0.508 e. The van der Waals surface area contributed by atoms with Gasteiger partial charge in [-0.2, -0.15) is 0 Å². The Bertz CT molecular complexity index is 1060. The minimum atomic E-state index is -1.22. The molecule has 2 rings (SSSR count). The quantitative estimate of drug-likeness (QED) is 0.223. The van der Waals surface area contributed by atoms with Gasteiger partial charge in [0.25, 0.3) is 0 Å². The summed E-state index contributed by atoms with van der Waals surface area (Å²) in [6, 6.07) is 13.3. The van der Waals surface area contributed by atoms with Crippen LogP contribution in [0.3, 0.4) is 0 Å². The molecule has 0 bridgehead atoms. The minimum absolute atomic E-state index is 0.129. The molecule has 0 aliphatic rings. The Balaban J connectivity index is 1.91. The molecule has 2 atom stereocenters. The topological polar surface area (TPSA) is 174 Å². The number of rotatable bonds is 13. The fourth-order valence-electron chi connectivity index (χ4n) is 3.19. The number of benzene rings is 2. The first-order chi connectivity index (χ1) is 17.1. The van der Waals surface area contributed by atoms with E-state index in [4.69, 9.17) is 5.11 Å². The van der Waals surface area contributed by atoms with Crippen molar-refractivity contribution in [2.45, 2.75) is 38.3 Å². The highest BCUT2D eigenvalue weighted by molar-refractivity contribution is 5.93. The molecule has 0 heterocycles. The zero-order chi connectivity index (χ0) is 26.5. The molecule has 192 valence electrons. The standard InChI is InChI=1S/C25H30N4O7/c1-16(24(35)27-15-23(33)34)28-25(36)20(13-18-5-3-2-4-6-18)29-22(32)14-26-21(31)12-9-17-7-10-19(30)11-8-17/h2-8,10-11,16,20,30H,9,12-15H2,1H3,(H,26,31)(H,27,35)(H,28,36)(H,29,32)(H,33,34)/t16-,20+/m1/s1. The van der Waals surface area contributed by atoms with Gasteiger partial charge in [-0.1, -0.05) is 42.5 Å². The van der Waals surface area contributed by atoms with E-state index < -0.39 is 42.3 Å². The maximum Gasteiger partial charge on any atom is 0.322 e. The van der Waals surface area contributed by atoms with E-state index >= 15 is 0 Å². The molecule has 36 heavy (non-hydrogen) atoms. The summed E-state index contributed by atoms with van der Waals surface area (Å²) in [4.78, 5) is 60.1. The van der Waals surface area contributed by atoms with Crippen molar-refractivity contribution in [2.24, 2.45) is 0 Å². The molecule has 0 fully saturated rings. The van der Waals surface area contributed by atoms with E-state index in [0.29, 0.717) is 6.42 Å². The first-order valence-electron chi connectivity index (χ1n) is 11.3. The highest BCUT2D eigenvalue weighted by atomic mass is 16.4. The molecule has 0 aliphatic heterocycles. The molecule has 0 spiro atoms. The SMILES string of the molecule is C[C@@H](NC(=O)[C@H](Cc1ccccc1)NC(=O)CNC(=O)CCc1ccc(O)cc1)C(=O)NCC(=O)O. The molecule has 0 saturated heterocycles. The predicted molar refractivity (Wildman–Crippen MR) is 130 cm³/mol. The van der Waals surface area contributed by atoms with Gasteiger partial charge in [-0.05, 0) is 36.6 Å². The second kappa shape index (κ2) is 14.1. The number of hydrogen-bond acceptors (Lipinski definition) is 6. The van der Waals surface area contributed by atoms with Crippen molar-refractivity contribution >= 4 is 29.6 Å². The van der Waals surface area contributed by atoms with E-state index in [0.717, 1.165) is 11.1 Å². The number of phenolic OH excluding ortho intramolecular Hbond substituents is 1. The van der Waals surface area contributed by atoms with Crippen molar-refractivity contribution in [3.63, 3.8) is 0 Å². The van der Waals surface area contributed by atoms with Gasteiger partial charge in [-0.25, -0.2) is 0 Å². The molecule has 0 radical (unpaired) electrons. The smallest absolute Gasteiger partial charge is 0.322 e. The average Bonchev–Trinajstić information content (AvgIpc) is 2.85. The maximum atomic E-state index is 12.8. The highest BCUT2D eigenvalue weighted by Gasteiger charge is 2.25. The van der Waals surface area contributed by atoms with Crippen molar-refractivity contribution in [1.82, 2.24) is 21.3 Å². The molecule has 0 saturated carbocycles. The van der Waals surface area contributed by atoms with Crippen LogP contribution >= 0.6 is 0 Å². The van der Waals surface area contributed by atoms with E-state index in [1.165, 1.54) is 19.1 Å². The summed E-state index contributed by atoms with van der Waals surface area (Å²) in [5, 5.41) is 27.7. The van der Waals surface area contributed by atoms with Gasteiger partial charge in [-0.3, -0.25) is 24.0 Å². The van der Waals surface area contributed by atoms with Gasteiger partial charge < -0.3 is 31.5 Å². The number of carboxylic acids is 1.